The lowest BCUT2D eigenvalue weighted by Crippen LogP contribution is -2.17. The summed E-state index contributed by atoms with van der Waals surface area (Å²) in [7, 11) is 0. The summed E-state index contributed by atoms with van der Waals surface area (Å²) in [6.07, 6.45) is 9.90. The Hall–Kier alpha value is -4.14. The van der Waals surface area contributed by atoms with Crippen LogP contribution in [0.2, 0.25) is 0 Å². The zero-order valence-electron chi connectivity index (χ0n) is 15.8. The molecule has 1 aliphatic rings. The predicted octanol–water partition coefficient (Wildman–Crippen LogP) is 3.79. The van der Waals surface area contributed by atoms with E-state index in [0.717, 1.165) is 18.5 Å². The number of aromatic nitrogens is 5. The van der Waals surface area contributed by atoms with Crippen LogP contribution in [-0.4, -0.2) is 31.0 Å². The summed E-state index contributed by atoms with van der Waals surface area (Å²) in [5, 5.41) is 9.99. The van der Waals surface area contributed by atoms with E-state index in [4.69, 9.17) is 4.52 Å². The van der Waals surface area contributed by atoms with Gasteiger partial charge in [-0.05, 0) is 37.1 Å². The van der Waals surface area contributed by atoms with Crippen LogP contribution in [0.5, 0.6) is 0 Å². The Morgan fingerprint density at radius 3 is 2.70 bits per heavy atom. The third kappa shape index (κ3) is 3.72. The Morgan fingerprint density at radius 2 is 1.93 bits per heavy atom. The van der Waals surface area contributed by atoms with Crippen molar-refractivity contribution in [2.75, 3.05) is 10.6 Å². The van der Waals surface area contributed by atoms with Gasteiger partial charge in [0.25, 0.3) is 5.91 Å². The Bertz CT molecular complexity index is 1170. The van der Waals surface area contributed by atoms with E-state index in [2.05, 4.69) is 35.7 Å². The number of hydrogen-bond donors (Lipinski definition) is 2. The van der Waals surface area contributed by atoms with E-state index in [1.807, 2.05) is 18.2 Å². The third-order valence-electron chi connectivity index (χ3n) is 4.69. The molecule has 1 aliphatic carbocycles. The van der Waals surface area contributed by atoms with Gasteiger partial charge in [0.1, 0.15) is 18.3 Å². The SMILES string of the molecule is O=C(Nc1conc1-c1ccccn1)c1nc(C2CC2)ccc1Nc1cncnc1. The minimum atomic E-state index is -0.378. The molecule has 1 fully saturated rings. The molecule has 0 atom stereocenters. The molecule has 4 aromatic heterocycles. The van der Waals surface area contributed by atoms with E-state index in [1.165, 1.54) is 12.6 Å². The zero-order valence-corrected chi connectivity index (χ0v) is 15.8. The van der Waals surface area contributed by atoms with Crippen LogP contribution in [0, 0.1) is 0 Å². The van der Waals surface area contributed by atoms with Crippen LogP contribution in [-0.2, 0) is 0 Å². The van der Waals surface area contributed by atoms with Crippen molar-refractivity contribution < 1.29 is 9.32 Å². The molecule has 2 N–H and O–H groups in total. The fraction of sp³-hybridized carbons (Fsp3) is 0.143. The first-order valence-electron chi connectivity index (χ1n) is 9.48. The minimum Gasteiger partial charge on any atom is -0.362 e. The molecule has 0 saturated heterocycles. The van der Waals surface area contributed by atoms with Crippen molar-refractivity contribution in [3.8, 4) is 11.4 Å². The van der Waals surface area contributed by atoms with E-state index in [1.54, 1.807) is 30.7 Å². The highest BCUT2D eigenvalue weighted by molar-refractivity contribution is 6.08. The number of anilines is 3. The number of rotatable bonds is 6. The number of nitrogens with one attached hydrogen (secondary N) is 2. The van der Waals surface area contributed by atoms with Gasteiger partial charge in [-0.15, -0.1) is 0 Å². The predicted molar refractivity (Wildman–Crippen MR) is 109 cm³/mol. The molecule has 148 valence electrons. The number of hydrogen-bond acceptors (Lipinski definition) is 8. The van der Waals surface area contributed by atoms with Crippen LogP contribution in [0.15, 0.2) is 66.0 Å². The summed E-state index contributed by atoms with van der Waals surface area (Å²) in [5.74, 6) is 0.0301. The lowest BCUT2D eigenvalue weighted by molar-refractivity contribution is 0.102. The molecule has 0 bridgehead atoms. The van der Waals surface area contributed by atoms with Gasteiger partial charge in [-0.1, -0.05) is 11.2 Å². The molecule has 5 rings (SSSR count). The van der Waals surface area contributed by atoms with Crippen molar-refractivity contribution in [3.05, 3.63) is 72.9 Å². The maximum Gasteiger partial charge on any atom is 0.276 e. The van der Waals surface area contributed by atoms with Crippen LogP contribution in [0.1, 0.15) is 34.9 Å². The second-order valence-corrected chi connectivity index (χ2v) is 6.90. The molecule has 4 aromatic rings. The smallest absolute Gasteiger partial charge is 0.276 e. The second-order valence-electron chi connectivity index (χ2n) is 6.90. The summed E-state index contributed by atoms with van der Waals surface area (Å²) in [4.78, 5) is 30.1. The minimum absolute atomic E-state index is 0.274. The molecular formula is C21H17N7O2. The topological polar surface area (TPSA) is 119 Å². The van der Waals surface area contributed by atoms with Crippen molar-refractivity contribution in [2.45, 2.75) is 18.8 Å². The largest absolute Gasteiger partial charge is 0.362 e. The third-order valence-corrected chi connectivity index (χ3v) is 4.69. The number of carbonyl (C=O) groups excluding carboxylic acids is 1. The second kappa shape index (κ2) is 7.70. The quantitative estimate of drug-likeness (QED) is 0.503. The standard InChI is InChI=1S/C21H17N7O2/c29-21(27-18-11-30-28-19(18)16-3-1-2-8-24-16)20-17(25-14-9-22-12-23-10-14)7-6-15(26-20)13-4-5-13/h1-3,6-13,25H,4-5H2,(H,27,29). The summed E-state index contributed by atoms with van der Waals surface area (Å²) >= 11 is 0. The number of carbonyl (C=O) groups is 1. The molecule has 9 nitrogen and oxygen atoms in total. The molecule has 0 aromatic carbocycles. The van der Waals surface area contributed by atoms with Crippen molar-refractivity contribution in [2.24, 2.45) is 0 Å². The highest BCUT2D eigenvalue weighted by Crippen LogP contribution is 2.40. The molecule has 0 spiro atoms. The number of amides is 1. The van der Waals surface area contributed by atoms with Gasteiger partial charge in [0.2, 0.25) is 0 Å². The maximum atomic E-state index is 13.2. The summed E-state index contributed by atoms with van der Waals surface area (Å²) in [6, 6.07) is 9.24. The fourth-order valence-electron chi connectivity index (χ4n) is 3.07. The zero-order chi connectivity index (χ0) is 20.3. The van der Waals surface area contributed by atoms with Gasteiger partial charge in [0.15, 0.2) is 11.4 Å². The first kappa shape index (κ1) is 17.9. The molecule has 0 radical (unpaired) electrons. The first-order valence-corrected chi connectivity index (χ1v) is 9.48. The number of nitrogens with zero attached hydrogens (tertiary/aromatic N) is 5. The Kier molecular flexibility index (Phi) is 4.60. The Balaban J connectivity index is 1.46. The molecule has 1 amide bonds. The molecule has 30 heavy (non-hydrogen) atoms. The Morgan fingerprint density at radius 1 is 1.07 bits per heavy atom. The lowest BCUT2D eigenvalue weighted by atomic mass is 10.2. The molecule has 4 heterocycles. The molecule has 1 saturated carbocycles. The van der Waals surface area contributed by atoms with E-state index in [0.29, 0.717) is 34.4 Å². The van der Waals surface area contributed by atoms with Crippen molar-refractivity contribution in [3.63, 3.8) is 0 Å². The monoisotopic (exact) mass is 399 g/mol. The van der Waals surface area contributed by atoms with Crippen LogP contribution >= 0.6 is 0 Å². The normalized spacial score (nSPS) is 13.1. The van der Waals surface area contributed by atoms with Gasteiger partial charge >= 0.3 is 0 Å². The van der Waals surface area contributed by atoms with Crippen LogP contribution in [0.25, 0.3) is 11.4 Å². The first-order chi connectivity index (χ1) is 14.8. The lowest BCUT2D eigenvalue weighted by Gasteiger charge is -2.12. The average Bonchev–Trinajstić information content (AvgIpc) is 3.54. The van der Waals surface area contributed by atoms with E-state index in [-0.39, 0.29) is 11.6 Å². The van der Waals surface area contributed by atoms with E-state index >= 15 is 0 Å². The van der Waals surface area contributed by atoms with E-state index < -0.39 is 0 Å². The van der Waals surface area contributed by atoms with Gasteiger partial charge in [-0.25, -0.2) is 15.0 Å². The summed E-state index contributed by atoms with van der Waals surface area (Å²) in [6.45, 7) is 0. The van der Waals surface area contributed by atoms with Gasteiger partial charge < -0.3 is 15.2 Å². The van der Waals surface area contributed by atoms with E-state index in [9.17, 15) is 4.79 Å². The average molecular weight is 399 g/mol. The van der Waals surface area contributed by atoms with Crippen molar-refractivity contribution in [1.82, 2.24) is 25.1 Å². The van der Waals surface area contributed by atoms with Gasteiger partial charge in [-0.2, -0.15) is 0 Å². The highest BCUT2D eigenvalue weighted by atomic mass is 16.5. The van der Waals surface area contributed by atoms with Crippen LogP contribution < -0.4 is 10.6 Å². The highest BCUT2D eigenvalue weighted by Gasteiger charge is 2.27. The van der Waals surface area contributed by atoms with Crippen LogP contribution in [0.3, 0.4) is 0 Å². The Labute approximate surface area is 171 Å². The number of pyridine rings is 2. The summed E-state index contributed by atoms with van der Waals surface area (Å²) < 4.78 is 5.08. The van der Waals surface area contributed by atoms with Gasteiger partial charge in [0, 0.05) is 17.8 Å². The van der Waals surface area contributed by atoms with Crippen LogP contribution in [0.4, 0.5) is 17.1 Å². The fourth-order valence-corrected chi connectivity index (χ4v) is 3.07. The van der Waals surface area contributed by atoms with Gasteiger partial charge in [-0.3, -0.25) is 9.78 Å². The maximum absolute atomic E-state index is 13.2. The van der Waals surface area contributed by atoms with Gasteiger partial charge in [0.05, 0.1) is 29.5 Å². The molecule has 0 aliphatic heterocycles. The molecule has 0 unspecified atom stereocenters. The molecular weight excluding hydrogens is 382 g/mol. The summed E-state index contributed by atoms with van der Waals surface area (Å²) in [5.41, 5.74) is 3.87. The molecule has 9 heteroatoms. The van der Waals surface area contributed by atoms with Crippen molar-refractivity contribution in [1.29, 1.82) is 0 Å². The van der Waals surface area contributed by atoms with Crippen molar-refractivity contribution >= 4 is 23.0 Å².